The summed E-state index contributed by atoms with van der Waals surface area (Å²) in [6.07, 6.45) is 4.33. The van der Waals surface area contributed by atoms with Crippen molar-refractivity contribution < 1.29 is 9.31 Å². The van der Waals surface area contributed by atoms with Crippen LogP contribution in [0.2, 0.25) is 0 Å². The number of hydrogen-bond donors (Lipinski definition) is 0. The number of nitro benzene ring substituents is 1. The van der Waals surface area contributed by atoms with E-state index in [1.165, 1.54) is 24.3 Å². The quantitative estimate of drug-likeness (QED) is 0.520. The average Bonchev–Trinajstić information content (AvgIpc) is 3.29. The van der Waals surface area contributed by atoms with Gasteiger partial charge in [0.15, 0.2) is 0 Å². The lowest BCUT2D eigenvalue weighted by molar-refractivity contribution is -0.384. The van der Waals surface area contributed by atoms with Crippen LogP contribution in [0.5, 0.6) is 0 Å². The van der Waals surface area contributed by atoms with E-state index in [0.29, 0.717) is 6.42 Å². The second kappa shape index (κ2) is 6.64. The molecule has 2 heterocycles. The van der Waals surface area contributed by atoms with Crippen molar-refractivity contribution in [1.82, 2.24) is 9.78 Å². The molecule has 0 fully saturated rings. The van der Waals surface area contributed by atoms with Crippen LogP contribution in [0.4, 0.5) is 15.8 Å². The van der Waals surface area contributed by atoms with Crippen LogP contribution in [-0.4, -0.2) is 20.4 Å². The van der Waals surface area contributed by atoms with Gasteiger partial charge in [0.05, 0.1) is 28.6 Å². The van der Waals surface area contributed by atoms with Crippen LogP contribution in [0.25, 0.3) is 0 Å². The molecule has 27 heavy (non-hydrogen) atoms. The second-order valence-corrected chi connectivity index (χ2v) is 6.34. The molecule has 0 radical (unpaired) electrons. The molecule has 2 aromatic carbocycles. The number of non-ortho nitro benzene ring substituents is 1. The summed E-state index contributed by atoms with van der Waals surface area (Å²) < 4.78 is 15.0. The molecule has 1 aromatic heterocycles. The van der Waals surface area contributed by atoms with Crippen LogP contribution < -0.4 is 5.01 Å². The highest BCUT2D eigenvalue weighted by Gasteiger charge is 2.31. The lowest BCUT2D eigenvalue weighted by atomic mass is 10.0. The number of hydrazone groups is 1. The Morgan fingerprint density at radius 1 is 1.15 bits per heavy atom. The molecule has 8 heteroatoms. The van der Waals surface area contributed by atoms with Crippen molar-refractivity contribution >= 4 is 17.1 Å². The highest BCUT2D eigenvalue weighted by Crippen LogP contribution is 2.37. The standard InChI is InChI=1S/C19H16FN5O2/c1-23-12-14(11-21-23)19-10-18(13-2-4-15(20)5-3-13)22-24(19)16-6-8-17(9-7-16)25(26)27/h2-9,11-12,19H,10H2,1H3/t19-/m1/s1. The predicted molar refractivity (Wildman–Crippen MR) is 99.1 cm³/mol. The Hall–Kier alpha value is -3.55. The fraction of sp³-hybridized carbons (Fsp3) is 0.158. The van der Waals surface area contributed by atoms with Crippen molar-refractivity contribution in [2.24, 2.45) is 12.1 Å². The molecule has 0 saturated heterocycles. The third kappa shape index (κ3) is 3.29. The molecule has 0 spiro atoms. The second-order valence-electron chi connectivity index (χ2n) is 6.34. The molecule has 4 rings (SSSR count). The van der Waals surface area contributed by atoms with E-state index in [9.17, 15) is 14.5 Å². The Labute approximate surface area is 154 Å². The Balaban J connectivity index is 1.72. The minimum atomic E-state index is -0.431. The maximum atomic E-state index is 13.2. The number of aromatic nitrogens is 2. The van der Waals surface area contributed by atoms with E-state index in [1.54, 1.807) is 35.1 Å². The maximum absolute atomic E-state index is 13.2. The first kappa shape index (κ1) is 16.9. The predicted octanol–water partition coefficient (Wildman–Crippen LogP) is 3.82. The van der Waals surface area contributed by atoms with Gasteiger partial charge in [-0.3, -0.25) is 19.8 Å². The largest absolute Gasteiger partial charge is 0.275 e. The van der Waals surface area contributed by atoms with E-state index in [4.69, 9.17) is 5.10 Å². The van der Waals surface area contributed by atoms with Crippen molar-refractivity contribution in [2.45, 2.75) is 12.5 Å². The zero-order valence-electron chi connectivity index (χ0n) is 14.5. The molecular formula is C19H16FN5O2. The molecule has 1 aliphatic rings. The van der Waals surface area contributed by atoms with Gasteiger partial charge in [0.25, 0.3) is 5.69 Å². The molecule has 3 aromatic rings. The van der Waals surface area contributed by atoms with Gasteiger partial charge >= 0.3 is 0 Å². The summed E-state index contributed by atoms with van der Waals surface area (Å²) in [6, 6.07) is 12.4. The van der Waals surface area contributed by atoms with Crippen LogP contribution in [0.3, 0.4) is 0 Å². The van der Waals surface area contributed by atoms with Gasteiger partial charge in [-0.15, -0.1) is 0 Å². The molecule has 1 aliphatic heterocycles. The highest BCUT2D eigenvalue weighted by molar-refractivity contribution is 6.03. The van der Waals surface area contributed by atoms with E-state index >= 15 is 0 Å². The Morgan fingerprint density at radius 2 is 1.85 bits per heavy atom. The van der Waals surface area contributed by atoms with Gasteiger partial charge in [-0.1, -0.05) is 12.1 Å². The van der Waals surface area contributed by atoms with Crippen LogP contribution in [0.1, 0.15) is 23.6 Å². The van der Waals surface area contributed by atoms with Crippen molar-refractivity contribution in [3.05, 3.63) is 88.0 Å². The van der Waals surface area contributed by atoms with Crippen molar-refractivity contribution in [1.29, 1.82) is 0 Å². The van der Waals surface area contributed by atoms with E-state index in [2.05, 4.69) is 5.10 Å². The molecule has 0 bridgehead atoms. The van der Waals surface area contributed by atoms with E-state index < -0.39 is 4.92 Å². The number of nitrogens with zero attached hydrogens (tertiary/aromatic N) is 5. The van der Waals surface area contributed by atoms with Crippen molar-refractivity contribution in [3.63, 3.8) is 0 Å². The molecule has 0 amide bonds. The van der Waals surface area contributed by atoms with Gasteiger partial charge in [-0.25, -0.2) is 4.39 Å². The number of aryl methyl sites for hydroxylation is 1. The fourth-order valence-corrected chi connectivity index (χ4v) is 3.16. The smallest absolute Gasteiger partial charge is 0.269 e. The van der Waals surface area contributed by atoms with Gasteiger partial charge in [-0.2, -0.15) is 10.2 Å². The minimum Gasteiger partial charge on any atom is -0.275 e. The van der Waals surface area contributed by atoms with Gasteiger partial charge in [-0.05, 0) is 29.8 Å². The van der Waals surface area contributed by atoms with Crippen LogP contribution in [0.15, 0.2) is 66.0 Å². The van der Waals surface area contributed by atoms with Crippen LogP contribution in [0, 0.1) is 15.9 Å². The van der Waals surface area contributed by atoms with E-state index in [0.717, 1.165) is 22.5 Å². The average molecular weight is 365 g/mol. The lowest BCUT2D eigenvalue weighted by Gasteiger charge is -2.22. The maximum Gasteiger partial charge on any atom is 0.269 e. The number of rotatable bonds is 4. The Bertz CT molecular complexity index is 1010. The summed E-state index contributed by atoms with van der Waals surface area (Å²) in [7, 11) is 1.84. The monoisotopic (exact) mass is 365 g/mol. The lowest BCUT2D eigenvalue weighted by Crippen LogP contribution is -2.18. The summed E-state index contributed by atoms with van der Waals surface area (Å²) >= 11 is 0. The van der Waals surface area contributed by atoms with E-state index in [-0.39, 0.29) is 17.5 Å². The molecule has 1 atom stereocenters. The van der Waals surface area contributed by atoms with Gasteiger partial charge < -0.3 is 0 Å². The third-order valence-corrected chi connectivity index (χ3v) is 4.52. The van der Waals surface area contributed by atoms with Gasteiger partial charge in [0.1, 0.15) is 5.82 Å². The molecule has 0 aliphatic carbocycles. The first-order valence-electron chi connectivity index (χ1n) is 8.37. The van der Waals surface area contributed by atoms with Crippen LogP contribution >= 0.6 is 0 Å². The highest BCUT2D eigenvalue weighted by atomic mass is 19.1. The summed E-state index contributed by atoms with van der Waals surface area (Å²) in [5.74, 6) is -0.298. The number of nitro groups is 1. The summed E-state index contributed by atoms with van der Waals surface area (Å²) in [6.45, 7) is 0. The van der Waals surface area contributed by atoms with Gasteiger partial charge in [0.2, 0.25) is 0 Å². The Kier molecular flexibility index (Phi) is 4.15. The van der Waals surface area contributed by atoms with Crippen LogP contribution in [-0.2, 0) is 7.05 Å². The number of halogens is 1. The van der Waals surface area contributed by atoms with Crippen molar-refractivity contribution in [2.75, 3.05) is 5.01 Å². The number of benzene rings is 2. The molecule has 0 saturated carbocycles. The summed E-state index contributed by atoms with van der Waals surface area (Å²) in [5, 5.41) is 21.7. The molecule has 0 N–H and O–H groups in total. The Morgan fingerprint density at radius 3 is 2.44 bits per heavy atom. The SMILES string of the molecule is Cn1cc([C@H]2CC(c3ccc(F)cc3)=NN2c2ccc([N+](=O)[O-])cc2)cn1. The number of anilines is 1. The zero-order chi connectivity index (χ0) is 19.0. The molecule has 0 unspecified atom stereocenters. The summed E-state index contributed by atoms with van der Waals surface area (Å²) in [5.41, 5.74) is 3.42. The van der Waals surface area contributed by atoms with Gasteiger partial charge in [0, 0.05) is 37.4 Å². The molecule has 7 nitrogen and oxygen atoms in total. The molecule has 136 valence electrons. The zero-order valence-corrected chi connectivity index (χ0v) is 14.5. The van der Waals surface area contributed by atoms with Crippen molar-refractivity contribution in [3.8, 4) is 0 Å². The first-order valence-corrected chi connectivity index (χ1v) is 8.37. The molecular weight excluding hydrogens is 349 g/mol. The topological polar surface area (TPSA) is 76.6 Å². The summed E-state index contributed by atoms with van der Waals surface area (Å²) in [4.78, 5) is 10.5. The third-order valence-electron chi connectivity index (χ3n) is 4.52. The first-order chi connectivity index (χ1) is 13.0. The minimum absolute atomic E-state index is 0.0265. The normalized spacial score (nSPS) is 16.4. The fourth-order valence-electron chi connectivity index (χ4n) is 3.16. The number of hydrogen-bond acceptors (Lipinski definition) is 5. The van der Waals surface area contributed by atoms with E-state index in [1.807, 2.05) is 18.3 Å².